The van der Waals surface area contributed by atoms with Crippen LogP contribution in [0.3, 0.4) is 0 Å². The number of aromatic nitrogens is 3. The zero-order valence-electron chi connectivity index (χ0n) is 27.7. The van der Waals surface area contributed by atoms with E-state index in [0.717, 1.165) is 16.8 Å². The summed E-state index contributed by atoms with van der Waals surface area (Å²) in [5, 5.41) is 5.21. The van der Waals surface area contributed by atoms with Gasteiger partial charge in [-0.15, -0.1) is 0 Å². The van der Waals surface area contributed by atoms with Gasteiger partial charge < -0.3 is 4.57 Å². The molecule has 0 bridgehead atoms. The molecule has 0 fully saturated rings. The van der Waals surface area contributed by atoms with Gasteiger partial charge in [0.05, 0.1) is 11.0 Å². The van der Waals surface area contributed by atoms with Crippen molar-refractivity contribution in [3.05, 3.63) is 189 Å². The van der Waals surface area contributed by atoms with Crippen molar-refractivity contribution < 1.29 is 0 Å². The fourth-order valence-corrected chi connectivity index (χ4v) is 7.67. The van der Waals surface area contributed by atoms with Crippen LogP contribution in [0.1, 0.15) is 0 Å². The molecule has 0 saturated heterocycles. The van der Waals surface area contributed by atoms with Crippen molar-refractivity contribution in [2.45, 2.75) is 0 Å². The van der Waals surface area contributed by atoms with Crippen LogP contribution < -0.4 is 0 Å². The predicted molar refractivity (Wildman–Crippen MR) is 212 cm³/mol. The highest BCUT2D eigenvalue weighted by Crippen LogP contribution is 2.40. The lowest BCUT2D eigenvalue weighted by atomic mass is 9.91. The largest absolute Gasteiger partial charge is 0.309 e. The van der Waals surface area contributed by atoms with Crippen LogP contribution in [-0.2, 0) is 0 Å². The van der Waals surface area contributed by atoms with E-state index in [4.69, 9.17) is 0 Å². The molecule has 0 aliphatic rings. The molecule has 10 aromatic rings. The van der Waals surface area contributed by atoms with E-state index < -0.39 is 0 Å². The van der Waals surface area contributed by atoms with Crippen molar-refractivity contribution in [2.24, 2.45) is 0 Å². The highest BCUT2D eigenvalue weighted by atomic mass is 15.0. The Labute approximate surface area is 296 Å². The van der Waals surface area contributed by atoms with Gasteiger partial charge in [0.25, 0.3) is 0 Å². The third-order valence-electron chi connectivity index (χ3n) is 10.1. The van der Waals surface area contributed by atoms with Gasteiger partial charge in [-0.25, -0.2) is 0 Å². The van der Waals surface area contributed by atoms with Gasteiger partial charge in [-0.05, 0) is 145 Å². The van der Waals surface area contributed by atoms with E-state index in [1.165, 1.54) is 77.1 Å². The summed E-state index contributed by atoms with van der Waals surface area (Å²) in [5.41, 5.74) is 15.3. The number of benzene rings is 7. The van der Waals surface area contributed by atoms with Crippen LogP contribution in [-0.4, -0.2) is 14.5 Å². The third kappa shape index (κ3) is 5.06. The van der Waals surface area contributed by atoms with Crippen LogP contribution in [0, 0.1) is 0 Å². The lowest BCUT2D eigenvalue weighted by Gasteiger charge is -2.14. The molecule has 0 spiro atoms. The number of rotatable bonds is 6. The van der Waals surface area contributed by atoms with Crippen LogP contribution in [0.5, 0.6) is 0 Å². The van der Waals surface area contributed by atoms with Crippen molar-refractivity contribution in [3.8, 4) is 61.3 Å². The number of hydrogen-bond acceptors (Lipinski definition) is 2. The van der Waals surface area contributed by atoms with Crippen LogP contribution in [0.25, 0.3) is 93.9 Å². The first-order valence-electron chi connectivity index (χ1n) is 17.3. The molecule has 238 valence electrons. The Bertz CT molecular complexity index is 2660. The second kappa shape index (κ2) is 11.9. The van der Waals surface area contributed by atoms with Crippen LogP contribution in [0.4, 0.5) is 0 Å². The second-order valence-electron chi connectivity index (χ2n) is 13.1. The van der Waals surface area contributed by atoms with Crippen LogP contribution >= 0.6 is 0 Å². The van der Waals surface area contributed by atoms with Crippen molar-refractivity contribution in [3.63, 3.8) is 0 Å². The minimum absolute atomic E-state index is 1.15. The standard InChI is InChI=1S/C48H31N3/c1-7-37(33-19-23-49-24-20-33)27-39(9-1)42-29-41(30-43(31-42)40-10-2-8-38(28-40)34-21-25-50-26-22-34)32-15-17-44(18-16-32)51-45-11-3-5-35-13-14-36-6-4-12-46(51)48(36)47(35)45/h1-31H. The van der Waals surface area contributed by atoms with Gasteiger partial charge in [-0.2, -0.15) is 0 Å². The molecular formula is C48H31N3. The highest BCUT2D eigenvalue weighted by molar-refractivity contribution is 6.24. The summed E-state index contributed by atoms with van der Waals surface area (Å²) in [6.45, 7) is 0. The number of pyridine rings is 2. The molecule has 3 nitrogen and oxygen atoms in total. The predicted octanol–water partition coefficient (Wildman–Crippen LogP) is 12.5. The van der Waals surface area contributed by atoms with Gasteiger partial charge in [0.2, 0.25) is 0 Å². The molecule has 0 unspecified atom stereocenters. The van der Waals surface area contributed by atoms with E-state index >= 15 is 0 Å². The van der Waals surface area contributed by atoms with Crippen LogP contribution in [0.2, 0.25) is 0 Å². The Hall–Kier alpha value is -6.84. The first-order valence-corrected chi connectivity index (χ1v) is 17.3. The van der Waals surface area contributed by atoms with Crippen molar-refractivity contribution in [1.29, 1.82) is 0 Å². The SMILES string of the molecule is c1cc(-c2ccncc2)cc(-c2cc(-c3ccc(-n4c5cccc6ccc7cccc4c7c65)cc3)cc(-c3cccc(-c4ccncc4)c3)c2)c1. The zero-order valence-corrected chi connectivity index (χ0v) is 27.7. The first-order chi connectivity index (χ1) is 25.3. The Morgan fingerprint density at radius 2 is 0.667 bits per heavy atom. The quantitative estimate of drug-likeness (QED) is 0.168. The molecule has 51 heavy (non-hydrogen) atoms. The average Bonchev–Trinajstić information content (AvgIpc) is 3.56. The Morgan fingerprint density at radius 3 is 1.14 bits per heavy atom. The normalized spacial score (nSPS) is 11.5. The molecule has 0 aliphatic carbocycles. The molecule has 0 aliphatic heterocycles. The maximum Gasteiger partial charge on any atom is 0.0547 e. The Kier molecular flexibility index (Phi) is 6.81. The summed E-state index contributed by atoms with van der Waals surface area (Å²) >= 11 is 0. The maximum atomic E-state index is 4.23. The monoisotopic (exact) mass is 649 g/mol. The van der Waals surface area contributed by atoms with E-state index in [2.05, 4.69) is 178 Å². The molecule has 3 heterocycles. The maximum absolute atomic E-state index is 4.23. The van der Waals surface area contributed by atoms with Crippen molar-refractivity contribution in [2.75, 3.05) is 0 Å². The van der Waals surface area contributed by atoms with Gasteiger partial charge in [-0.1, -0.05) is 84.9 Å². The van der Waals surface area contributed by atoms with Gasteiger partial charge in [0.1, 0.15) is 0 Å². The molecule has 0 saturated carbocycles. The van der Waals surface area contributed by atoms with Gasteiger partial charge in [0.15, 0.2) is 0 Å². The molecule has 0 N–H and O–H groups in total. The molecular weight excluding hydrogens is 619 g/mol. The van der Waals surface area contributed by atoms with Gasteiger partial charge in [-0.3, -0.25) is 9.97 Å². The molecule has 0 radical (unpaired) electrons. The summed E-state index contributed by atoms with van der Waals surface area (Å²) in [7, 11) is 0. The van der Waals surface area contributed by atoms with Crippen LogP contribution in [0.15, 0.2) is 189 Å². The van der Waals surface area contributed by atoms with E-state index in [9.17, 15) is 0 Å². The molecule has 0 atom stereocenters. The second-order valence-corrected chi connectivity index (χ2v) is 13.1. The lowest BCUT2D eigenvalue weighted by Crippen LogP contribution is -1.94. The third-order valence-corrected chi connectivity index (χ3v) is 10.1. The zero-order chi connectivity index (χ0) is 33.7. The number of nitrogens with zero attached hydrogens (tertiary/aromatic N) is 3. The van der Waals surface area contributed by atoms with E-state index in [1.54, 1.807) is 0 Å². The molecule has 10 rings (SSSR count). The Morgan fingerprint density at radius 1 is 0.294 bits per heavy atom. The minimum Gasteiger partial charge on any atom is -0.309 e. The lowest BCUT2D eigenvalue weighted by molar-refractivity contribution is 1.18. The van der Waals surface area contributed by atoms with Crippen molar-refractivity contribution >= 4 is 32.6 Å². The first kappa shape index (κ1) is 29.1. The molecule has 3 heteroatoms. The summed E-state index contributed by atoms with van der Waals surface area (Å²) in [5.74, 6) is 0. The van der Waals surface area contributed by atoms with E-state index in [1.807, 2.05) is 24.8 Å². The topological polar surface area (TPSA) is 30.7 Å². The fraction of sp³-hybridized carbons (Fsp3) is 0. The molecule has 3 aromatic heterocycles. The highest BCUT2D eigenvalue weighted by Gasteiger charge is 2.16. The molecule has 7 aromatic carbocycles. The smallest absolute Gasteiger partial charge is 0.0547 e. The number of hydrogen-bond donors (Lipinski definition) is 0. The van der Waals surface area contributed by atoms with E-state index in [0.29, 0.717) is 0 Å². The summed E-state index contributed by atoms with van der Waals surface area (Å²) in [6, 6.07) is 59.6. The minimum atomic E-state index is 1.15. The summed E-state index contributed by atoms with van der Waals surface area (Å²) < 4.78 is 2.41. The Balaban J connectivity index is 1.11. The van der Waals surface area contributed by atoms with Gasteiger partial charge in [0, 0.05) is 41.2 Å². The van der Waals surface area contributed by atoms with Crippen molar-refractivity contribution in [1.82, 2.24) is 14.5 Å². The summed E-state index contributed by atoms with van der Waals surface area (Å²) in [4.78, 5) is 8.45. The molecule has 0 amide bonds. The van der Waals surface area contributed by atoms with Gasteiger partial charge >= 0.3 is 0 Å². The fourth-order valence-electron chi connectivity index (χ4n) is 7.67. The van der Waals surface area contributed by atoms with E-state index in [-0.39, 0.29) is 0 Å². The summed E-state index contributed by atoms with van der Waals surface area (Å²) in [6.07, 6.45) is 7.40. The average molecular weight is 650 g/mol.